The Morgan fingerprint density at radius 3 is 2.71 bits per heavy atom. The number of hydrogen-bond donors (Lipinski definition) is 1. The molecule has 1 aromatic rings. The summed E-state index contributed by atoms with van der Waals surface area (Å²) in [5.74, 6) is -0.707. The van der Waals surface area contributed by atoms with Crippen LogP contribution in [0.2, 0.25) is 0 Å². The maximum atomic E-state index is 13.2. The van der Waals surface area contributed by atoms with E-state index in [9.17, 15) is 12.8 Å². The minimum atomic E-state index is -3.54. The minimum absolute atomic E-state index is 0.248. The van der Waals surface area contributed by atoms with Crippen LogP contribution in [0.1, 0.15) is 0 Å². The molecule has 0 aliphatic carbocycles. The first-order valence-electron chi connectivity index (χ1n) is 3.94. The maximum absolute atomic E-state index is 13.2. The fourth-order valence-corrected chi connectivity index (χ4v) is 3.10. The lowest BCUT2D eigenvalue weighted by Crippen LogP contribution is -2.12. The fourth-order valence-electron chi connectivity index (χ4n) is 1.12. The lowest BCUT2D eigenvalue weighted by Gasteiger charge is -2.03. The zero-order valence-corrected chi connectivity index (χ0v) is 9.40. The van der Waals surface area contributed by atoms with E-state index in [0.29, 0.717) is 11.0 Å². The molecule has 0 bridgehead atoms. The van der Waals surface area contributed by atoms with Crippen LogP contribution in [0.4, 0.5) is 4.39 Å². The van der Waals surface area contributed by atoms with Gasteiger partial charge in [-0.05, 0) is 18.2 Å². The molecular formula is C8H7BrFNO2S. The molecule has 1 aliphatic heterocycles. The predicted octanol–water partition coefficient (Wildman–Crippen LogP) is 1.29. The summed E-state index contributed by atoms with van der Waals surface area (Å²) in [5.41, 5.74) is 0. The Balaban J connectivity index is 2.55. The summed E-state index contributed by atoms with van der Waals surface area (Å²) in [6, 6.07) is 3.89. The SMILES string of the molecule is O=S(=O)(c1cc(Br)ccc1F)[C@@H]1CN1. The maximum Gasteiger partial charge on any atom is 0.198 e. The number of hydrogen-bond acceptors (Lipinski definition) is 3. The fraction of sp³-hybridized carbons (Fsp3) is 0.250. The second-order valence-electron chi connectivity index (χ2n) is 3.02. The zero-order chi connectivity index (χ0) is 10.3. The highest BCUT2D eigenvalue weighted by Crippen LogP contribution is 2.25. The van der Waals surface area contributed by atoms with Crippen LogP contribution in [0.3, 0.4) is 0 Å². The molecule has 0 amide bonds. The smallest absolute Gasteiger partial charge is 0.198 e. The molecule has 0 spiro atoms. The molecule has 1 heterocycles. The topological polar surface area (TPSA) is 56.1 Å². The molecule has 6 heteroatoms. The van der Waals surface area contributed by atoms with Crippen LogP contribution in [0.5, 0.6) is 0 Å². The van der Waals surface area contributed by atoms with E-state index in [4.69, 9.17) is 0 Å². The molecule has 1 saturated heterocycles. The van der Waals surface area contributed by atoms with Crippen molar-refractivity contribution in [3.05, 3.63) is 28.5 Å². The van der Waals surface area contributed by atoms with Crippen LogP contribution in [0.25, 0.3) is 0 Å². The van der Waals surface area contributed by atoms with E-state index < -0.39 is 21.0 Å². The predicted molar refractivity (Wildman–Crippen MR) is 53.1 cm³/mol. The van der Waals surface area contributed by atoms with Gasteiger partial charge in [0.05, 0.1) is 0 Å². The quantitative estimate of drug-likeness (QED) is 0.830. The molecular weight excluding hydrogens is 273 g/mol. The van der Waals surface area contributed by atoms with Crippen molar-refractivity contribution in [2.24, 2.45) is 0 Å². The molecule has 1 N–H and O–H groups in total. The van der Waals surface area contributed by atoms with Gasteiger partial charge in [-0.1, -0.05) is 15.9 Å². The first-order valence-corrected chi connectivity index (χ1v) is 6.28. The van der Waals surface area contributed by atoms with Gasteiger partial charge in [0, 0.05) is 11.0 Å². The van der Waals surface area contributed by atoms with Crippen molar-refractivity contribution >= 4 is 25.8 Å². The van der Waals surface area contributed by atoms with Crippen LogP contribution in [0, 0.1) is 5.82 Å². The van der Waals surface area contributed by atoms with E-state index in [1.54, 1.807) is 0 Å². The number of rotatable bonds is 2. The summed E-state index contributed by atoms with van der Waals surface area (Å²) in [7, 11) is -3.54. The molecule has 1 aromatic carbocycles. The van der Waals surface area contributed by atoms with Gasteiger partial charge in [-0.2, -0.15) is 0 Å². The van der Waals surface area contributed by atoms with E-state index >= 15 is 0 Å². The van der Waals surface area contributed by atoms with Crippen LogP contribution in [0.15, 0.2) is 27.6 Å². The van der Waals surface area contributed by atoms with Crippen molar-refractivity contribution in [2.45, 2.75) is 10.3 Å². The molecule has 0 aromatic heterocycles. The largest absolute Gasteiger partial charge is 0.297 e. The van der Waals surface area contributed by atoms with Gasteiger partial charge in [0.1, 0.15) is 16.1 Å². The van der Waals surface area contributed by atoms with Gasteiger partial charge in [0.25, 0.3) is 0 Å². The Labute approximate surface area is 89.4 Å². The average molecular weight is 280 g/mol. The van der Waals surface area contributed by atoms with Gasteiger partial charge in [0.15, 0.2) is 9.84 Å². The average Bonchev–Trinajstić information content (AvgIpc) is 2.91. The summed E-state index contributed by atoms with van der Waals surface area (Å²) >= 11 is 3.11. The van der Waals surface area contributed by atoms with Crippen molar-refractivity contribution < 1.29 is 12.8 Å². The number of benzene rings is 1. The van der Waals surface area contributed by atoms with E-state index in [2.05, 4.69) is 21.2 Å². The molecule has 1 aliphatic rings. The van der Waals surface area contributed by atoms with Crippen molar-refractivity contribution in [3.8, 4) is 0 Å². The summed E-state index contributed by atoms with van der Waals surface area (Å²) in [4.78, 5) is -0.248. The zero-order valence-electron chi connectivity index (χ0n) is 7.00. The normalized spacial score (nSPS) is 20.9. The molecule has 1 fully saturated rings. The highest BCUT2D eigenvalue weighted by Gasteiger charge is 2.38. The lowest BCUT2D eigenvalue weighted by molar-refractivity contribution is 0.565. The molecule has 3 nitrogen and oxygen atoms in total. The van der Waals surface area contributed by atoms with Gasteiger partial charge in [-0.25, -0.2) is 12.8 Å². The third kappa shape index (κ3) is 1.69. The van der Waals surface area contributed by atoms with Crippen molar-refractivity contribution in [1.82, 2.24) is 5.32 Å². The monoisotopic (exact) mass is 279 g/mol. The van der Waals surface area contributed by atoms with Gasteiger partial charge in [-0.3, -0.25) is 5.32 Å². The molecule has 0 saturated carbocycles. The highest BCUT2D eigenvalue weighted by molar-refractivity contribution is 9.10. The molecule has 76 valence electrons. The van der Waals surface area contributed by atoms with E-state index in [0.717, 1.165) is 6.07 Å². The third-order valence-corrected chi connectivity index (χ3v) is 4.45. The molecule has 0 unspecified atom stereocenters. The Morgan fingerprint density at radius 2 is 2.14 bits per heavy atom. The van der Waals surface area contributed by atoms with Gasteiger partial charge in [0.2, 0.25) is 0 Å². The van der Waals surface area contributed by atoms with Crippen LogP contribution in [-0.2, 0) is 9.84 Å². The van der Waals surface area contributed by atoms with Crippen molar-refractivity contribution in [3.63, 3.8) is 0 Å². The van der Waals surface area contributed by atoms with E-state index in [1.165, 1.54) is 12.1 Å². The second-order valence-corrected chi connectivity index (χ2v) is 6.03. The van der Waals surface area contributed by atoms with E-state index in [-0.39, 0.29) is 4.90 Å². The molecule has 14 heavy (non-hydrogen) atoms. The summed E-state index contributed by atoms with van der Waals surface area (Å²) in [5, 5.41) is 2.03. The van der Waals surface area contributed by atoms with Crippen molar-refractivity contribution in [1.29, 1.82) is 0 Å². The second kappa shape index (κ2) is 3.29. The molecule has 2 rings (SSSR count). The number of nitrogens with one attached hydrogen (secondary N) is 1. The van der Waals surface area contributed by atoms with E-state index in [1.807, 2.05) is 0 Å². The highest BCUT2D eigenvalue weighted by atomic mass is 79.9. The van der Waals surface area contributed by atoms with Gasteiger partial charge < -0.3 is 0 Å². The van der Waals surface area contributed by atoms with Crippen LogP contribution >= 0.6 is 15.9 Å². The standard InChI is InChI=1S/C8H7BrFNO2S/c9-5-1-2-6(10)7(3-5)14(12,13)8-4-11-8/h1-3,8,11H,4H2/t8-/m1/s1. The number of sulfone groups is 1. The third-order valence-electron chi connectivity index (χ3n) is 1.95. The summed E-state index contributed by atoms with van der Waals surface area (Å²) in [6.45, 7) is 0.397. The van der Waals surface area contributed by atoms with Gasteiger partial charge in [-0.15, -0.1) is 0 Å². The lowest BCUT2D eigenvalue weighted by atomic mass is 10.3. The Bertz CT molecular complexity index is 470. The Hall–Kier alpha value is -0.460. The Kier molecular flexibility index (Phi) is 2.36. The van der Waals surface area contributed by atoms with Crippen LogP contribution in [-0.4, -0.2) is 20.3 Å². The minimum Gasteiger partial charge on any atom is -0.297 e. The summed E-state index contributed by atoms with van der Waals surface area (Å²) in [6.07, 6.45) is 0. The Morgan fingerprint density at radius 1 is 1.50 bits per heavy atom. The van der Waals surface area contributed by atoms with Crippen molar-refractivity contribution in [2.75, 3.05) is 6.54 Å². The number of halogens is 2. The first-order chi connectivity index (χ1) is 6.51. The molecule has 0 radical (unpaired) electrons. The molecule has 1 atom stereocenters. The summed E-state index contributed by atoms with van der Waals surface area (Å²) < 4.78 is 37.1. The first kappa shape index (κ1) is 10.1. The van der Waals surface area contributed by atoms with Crippen LogP contribution < -0.4 is 5.32 Å². The van der Waals surface area contributed by atoms with Gasteiger partial charge >= 0.3 is 0 Å².